The number of hydrogen-bond acceptors (Lipinski definition) is 3. The number of H-pyrrole nitrogens is 1. The molecule has 1 aromatic heterocycles. The Kier molecular flexibility index (Phi) is 5.30. The van der Waals surface area contributed by atoms with Crippen LogP contribution in [-0.2, 0) is 4.74 Å². The number of aromatic nitrogens is 1. The van der Waals surface area contributed by atoms with Gasteiger partial charge in [0.1, 0.15) is 5.56 Å². The molecule has 3 rings (SSSR count). The van der Waals surface area contributed by atoms with Crippen LogP contribution in [0.5, 0.6) is 0 Å². The Hall–Kier alpha value is -2.14. The van der Waals surface area contributed by atoms with Crippen molar-refractivity contribution in [2.45, 2.75) is 38.7 Å². The standard InChI is InChI=1S/C19H24N2O3/c1-13-6-2-5-9-17(13)24-11-10-20-19(23)15-12-21-16-8-4-3-7-14(16)18(15)22/h3-4,7-8,12-13,17H,2,5-6,9-11H2,1H3,(H,20,23)(H,21,22)/t13-,17-/m1/s1. The molecule has 24 heavy (non-hydrogen) atoms. The summed E-state index contributed by atoms with van der Waals surface area (Å²) in [6.07, 6.45) is 6.57. The second-order valence-corrected chi connectivity index (χ2v) is 6.50. The van der Waals surface area contributed by atoms with Crippen molar-refractivity contribution in [2.75, 3.05) is 13.2 Å². The second-order valence-electron chi connectivity index (χ2n) is 6.50. The summed E-state index contributed by atoms with van der Waals surface area (Å²) in [5, 5.41) is 3.30. The van der Waals surface area contributed by atoms with Crippen molar-refractivity contribution in [3.63, 3.8) is 0 Å². The number of amides is 1. The molecule has 1 aromatic carbocycles. The molecule has 2 aromatic rings. The largest absolute Gasteiger partial charge is 0.376 e. The second kappa shape index (κ2) is 7.62. The fourth-order valence-corrected chi connectivity index (χ4v) is 3.34. The first kappa shape index (κ1) is 16.7. The van der Waals surface area contributed by atoms with E-state index in [1.807, 2.05) is 12.1 Å². The average Bonchev–Trinajstić information content (AvgIpc) is 2.60. The van der Waals surface area contributed by atoms with Crippen LogP contribution in [0.3, 0.4) is 0 Å². The summed E-state index contributed by atoms with van der Waals surface area (Å²) in [6, 6.07) is 7.18. The maximum atomic E-state index is 12.4. The van der Waals surface area contributed by atoms with E-state index >= 15 is 0 Å². The monoisotopic (exact) mass is 328 g/mol. The number of rotatable bonds is 5. The van der Waals surface area contributed by atoms with Crippen LogP contribution in [-0.4, -0.2) is 30.1 Å². The number of para-hydroxylation sites is 1. The van der Waals surface area contributed by atoms with E-state index in [4.69, 9.17) is 4.74 Å². The third-order valence-corrected chi connectivity index (χ3v) is 4.79. The summed E-state index contributed by atoms with van der Waals surface area (Å²) in [4.78, 5) is 27.6. The Morgan fingerprint density at radius 2 is 2.08 bits per heavy atom. The van der Waals surface area contributed by atoms with Gasteiger partial charge in [-0.05, 0) is 30.9 Å². The van der Waals surface area contributed by atoms with Gasteiger partial charge in [0, 0.05) is 23.6 Å². The molecule has 1 aliphatic rings. The highest BCUT2D eigenvalue weighted by Gasteiger charge is 2.21. The van der Waals surface area contributed by atoms with Crippen molar-refractivity contribution in [3.8, 4) is 0 Å². The van der Waals surface area contributed by atoms with Crippen LogP contribution in [0.15, 0.2) is 35.3 Å². The molecule has 1 aliphatic carbocycles. The number of carbonyl (C=O) groups is 1. The molecule has 5 heteroatoms. The summed E-state index contributed by atoms with van der Waals surface area (Å²) in [5.74, 6) is 0.222. The minimum absolute atomic E-state index is 0.139. The number of ether oxygens (including phenoxy) is 1. The van der Waals surface area contributed by atoms with E-state index in [0.717, 1.165) is 11.9 Å². The van der Waals surface area contributed by atoms with Crippen molar-refractivity contribution in [2.24, 2.45) is 5.92 Å². The van der Waals surface area contributed by atoms with Crippen LogP contribution < -0.4 is 10.7 Å². The van der Waals surface area contributed by atoms with Crippen LogP contribution in [0, 0.1) is 5.92 Å². The number of hydrogen-bond donors (Lipinski definition) is 2. The van der Waals surface area contributed by atoms with E-state index in [1.165, 1.54) is 25.5 Å². The van der Waals surface area contributed by atoms with E-state index in [2.05, 4.69) is 17.2 Å². The number of fused-ring (bicyclic) bond motifs is 1. The van der Waals surface area contributed by atoms with Gasteiger partial charge in [0.15, 0.2) is 0 Å². The van der Waals surface area contributed by atoms with E-state index in [9.17, 15) is 9.59 Å². The third-order valence-electron chi connectivity index (χ3n) is 4.79. The molecule has 0 bridgehead atoms. The molecule has 0 radical (unpaired) electrons. The predicted octanol–water partition coefficient (Wildman–Crippen LogP) is 2.85. The zero-order valence-electron chi connectivity index (χ0n) is 14.0. The summed E-state index contributed by atoms with van der Waals surface area (Å²) in [7, 11) is 0. The Balaban J connectivity index is 1.55. The van der Waals surface area contributed by atoms with Crippen LogP contribution in [0.4, 0.5) is 0 Å². The molecule has 1 fully saturated rings. The fourth-order valence-electron chi connectivity index (χ4n) is 3.34. The lowest BCUT2D eigenvalue weighted by molar-refractivity contribution is -0.00294. The molecular formula is C19H24N2O3. The molecule has 0 aliphatic heterocycles. The van der Waals surface area contributed by atoms with E-state index in [0.29, 0.717) is 30.6 Å². The number of benzene rings is 1. The molecule has 1 amide bonds. The van der Waals surface area contributed by atoms with Gasteiger partial charge in [0.25, 0.3) is 5.91 Å². The maximum Gasteiger partial charge on any atom is 0.256 e. The highest BCUT2D eigenvalue weighted by molar-refractivity contribution is 5.97. The Bertz CT molecular complexity index is 769. The topological polar surface area (TPSA) is 71.2 Å². The summed E-state index contributed by atoms with van der Waals surface area (Å²) < 4.78 is 5.88. The Morgan fingerprint density at radius 3 is 2.92 bits per heavy atom. The third kappa shape index (κ3) is 3.67. The minimum atomic E-state index is -0.359. The first-order valence-corrected chi connectivity index (χ1v) is 8.67. The first-order valence-electron chi connectivity index (χ1n) is 8.67. The van der Waals surface area contributed by atoms with Gasteiger partial charge >= 0.3 is 0 Å². The lowest BCUT2D eigenvalue weighted by atomic mass is 9.88. The molecule has 2 atom stereocenters. The van der Waals surface area contributed by atoms with Gasteiger partial charge in [-0.15, -0.1) is 0 Å². The smallest absolute Gasteiger partial charge is 0.256 e. The number of carbonyl (C=O) groups excluding carboxylic acids is 1. The molecule has 2 N–H and O–H groups in total. The van der Waals surface area contributed by atoms with Crippen molar-refractivity contribution < 1.29 is 9.53 Å². The van der Waals surface area contributed by atoms with Crippen LogP contribution in [0.1, 0.15) is 43.0 Å². The van der Waals surface area contributed by atoms with E-state index < -0.39 is 0 Å². The molecule has 0 saturated heterocycles. The highest BCUT2D eigenvalue weighted by Crippen LogP contribution is 2.25. The van der Waals surface area contributed by atoms with Gasteiger partial charge in [0.2, 0.25) is 5.43 Å². The lowest BCUT2D eigenvalue weighted by Crippen LogP contribution is -2.33. The van der Waals surface area contributed by atoms with Crippen LogP contribution in [0.25, 0.3) is 10.9 Å². The highest BCUT2D eigenvalue weighted by atomic mass is 16.5. The predicted molar refractivity (Wildman–Crippen MR) is 94.3 cm³/mol. The van der Waals surface area contributed by atoms with E-state index in [1.54, 1.807) is 12.1 Å². The lowest BCUT2D eigenvalue weighted by Gasteiger charge is -2.28. The maximum absolute atomic E-state index is 12.4. The SMILES string of the molecule is C[C@@H]1CCCC[C@H]1OCCNC(=O)c1c[nH]c2ccccc2c1=O. The molecule has 1 heterocycles. The molecule has 0 unspecified atom stereocenters. The van der Waals surface area contributed by atoms with Gasteiger partial charge in [-0.1, -0.05) is 31.9 Å². The van der Waals surface area contributed by atoms with Crippen molar-refractivity contribution in [1.82, 2.24) is 10.3 Å². The van der Waals surface area contributed by atoms with Gasteiger partial charge in [-0.25, -0.2) is 0 Å². The quantitative estimate of drug-likeness (QED) is 0.829. The molecular weight excluding hydrogens is 304 g/mol. The zero-order valence-corrected chi connectivity index (χ0v) is 14.0. The summed E-state index contributed by atoms with van der Waals surface area (Å²) in [6.45, 7) is 3.11. The molecule has 1 saturated carbocycles. The molecule has 0 spiro atoms. The molecule has 128 valence electrons. The Morgan fingerprint density at radius 1 is 1.29 bits per heavy atom. The van der Waals surface area contributed by atoms with E-state index in [-0.39, 0.29) is 16.9 Å². The fraction of sp³-hybridized carbons (Fsp3) is 0.474. The van der Waals surface area contributed by atoms with Crippen molar-refractivity contribution >= 4 is 16.8 Å². The zero-order chi connectivity index (χ0) is 16.9. The van der Waals surface area contributed by atoms with Crippen molar-refractivity contribution in [1.29, 1.82) is 0 Å². The number of nitrogens with one attached hydrogen (secondary N) is 2. The normalized spacial score (nSPS) is 20.9. The number of aromatic amines is 1. The number of pyridine rings is 1. The van der Waals surface area contributed by atoms with Gasteiger partial charge in [0.05, 0.1) is 12.7 Å². The van der Waals surface area contributed by atoms with Gasteiger partial charge in [-0.3, -0.25) is 9.59 Å². The van der Waals surface area contributed by atoms with Crippen LogP contribution >= 0.6 is 0 Å². The Labute approximate surface area is 141 Å². The molecule has 5 nitrogen and oxygen atoms in total. The van der Waals surface area contributed by atoms with Crippen molar-refractivity contribution in [3.05, 3.63) is 46.2 Å². The minimum Gasteiger partial charge on any atom is -0.376 e. The summed E-state index contributed by atoms with van der Waals surface area (Å²) in [5.41, 5.74) is 0.622. The first-order chi connectivity index (χ1) is 11.7. The van der Waals surface area contributed by atoms with Gasteiger partial charge < -0.3 is 15.0 Å². The average molecular weight is 328 g/mol. The summed E-state index contributed by atoms with van der Waals surface area (Å²) >= 11 is 0. The van der Waals surface area contributed by atoms with Gasteiger partial charge in [-0.2, -0.15) is 0 Å². The van der Waals surface area contributed by atoms with Crippen LogP contribution in [0.2, 0.25) is 0 Å².